The van der Waals surface area contributed by atoms with E-state index in [0.29, 0.717) is 18.0 Å². The molecule has 7 nitrogen and oxygen atoms in total. The van der Waals surface area contributed by atoms with Gasteiger partial charge in [-0.15, -0.1) is 0 Å². The first-order valence-corrected chi connectivity index (χ1v) is 7.26. The molecule has 2 heterocycles. The molecule has 3 N–H and O–H groups in total. The molecule has 2 aromatic rings. The van der Waals surface area contributed by atoms with Gasteiger partial charge < -0.3 is 15.5 Å². The number of rotatable bonds is 6. The standard InChI is InChI=1S/C17H19N5O2/c1-4-5-12(9-19-3)10-20-16(23)14-8-13(21-17(18)22-14)15-7-6-11(2)24-15/h4-9H,1,10H2,2-3H3,(H,20,23)(H2,18,21,22)/b12-5+,19-9?. The quantitative estimate of drug-likeness (QED) is 0.625. The summed E-state index contributed by atoms with van der Waals surface area (Å²) in [5, 5.41) is 2.76. The van der Waals surface area contributed by atoms with Gasteiger partial charge in [0.05, 0.1) is 0 Å². The van der Waals surface area contributed by atoms with Gasteiger partial charge in [0.25, 0.3) is 5.91 Å². The van der Waals surface area contributed by atoms with Crippen LogP contribution in [-0.2, 0) is 0 Å². The Labute approximate surface area is 140 Å². The summed E-state index contributed by atoms with van der Waals surface area (Å²) in [4.78, 5) is 24.3. The number of nitrogens with zero attached hydrogens (tertiary/aromatic N) is 3. The number of aliphatic imine (C=N–C) groups is 1. The molecule has 0 saturated heterocycles. The SMILES string of the molecule is C=C/C=C(\C=NC)CNC(=O)c1cc(-c2ccc(C)o2)nc(N)n1. The first-order chi connectivity index (χ1) is 11.5. The number of aromatic nitrogens is 2. The van der Waals surface area contributed by atoms with Crippen LogP contribution in [0.4, 0.5) is 5.95 Å². The Kier molecular flexibility index (Phi) is 5.62. The number of nitrogen functional groups attached to an aromatic ring is 1. The van der Waals surface area contributed by atoms with E-state index in [2.05, 4.69) is 26.9 Å². The van der Waals surface area contributed by atoms with Crippen molar-refractivity contribution in [1.29, 1.82) is 0 Å². The normalized spacial score (nSPS) is 11.7. The van der Waals surface area contributed by atoms with Gasteiger partial charge in [-0.2, -0.15) is 0 Å². The average molecular weight is 325 g/mol. The number of aryl methyl sites for hydroxylation is 1. The molecule has 7 heteroatoms. The van der Waals surface area contributed by atoms with Gasteiger partial charge in [0.1, 0.15) is 17.1 Å². The van der Waals surface area contributed by atoms with E-state index >= 15 is 0 Å². The van der Waals surface area contributed by atoms with Crippen LogP contribution in [0.15, 0.2) is 51.9 Å². The predicted molar refractivity (Wildman–Crippen MR) is 93.9 cm³/mol. The number of nitrogens with one attached hydrogen (secondary N) is 1. The first kappa shape index (κ1) is 17.1. The number of carbonyl (C=O) groups excluding carboxylic acids is 1. The largest absolute Gasteiger partial charge is 0.460 e. The Balaban J connectivity index is 2.19. The molecule has 2 aromatic heterocycles. The summed E-state index contributed by atoms with van der Waals surface area (Å²) in [6.07, 6.45) is 5.04. The van der Waals surface area contributed by atoms with Crippen molar-refractivity contribution in [3.05, 3.63) is 54.0 Å². The topological polar surface area (TPSA) is 106 Å². The van der Waals surface area contributed by atoms with Crippen LogP contribution in [0, 0.1) is 6.92 Å². The fourth-order valence-corrected chi connectivity index (χ4v) is 2.02. The second-order valence-electron chi connectivity index (χ2n) is 4.95. The fourth-order valence-electron chi connectivity index (χ4n) is 2.02. The number of anilines is 1. The lowest BCUT2D eigenvalue weighted by molar-refractivity contribution is 0.0952. The lowest BCUT2D eigenvalue weighted by Crippen LogP contribution is -2.27. The molecule has 0 radical (unpaired) electrons. The van der Waals surface area contributed by atoms with Crippen LogP contribution >= 0.6 is 0 Å². The van der Waals surface area contributed by atoms with Gasteiger partial charge in [-0.05, 0) is 30.7 Å². The van der Waals surface area contributed by atoms with Crippen LogP contribution in [0.5, 0.6) is 0 Å². The van der Waals surface area contributed by atoms with E-state index in [1.165, 1.54) is 6.07 Å². The highest BCUT2D eigenvalue weighted by molar-refractivity contribution is 5.94. The summed E-state index contributed by atoms with van der Waals surface area (Å²) in [5.74, 6) is 0.907. The maximum Gasteiger partial charge on any atom is 0.270 e. The summed E-state index contributed by atoms with van der Waals surface area (Å²) in [6.45, 7) is 5.75. The molecule has 0 spiro atoms. The number of amides is 1. The number of nitrogens with two attached hydrogens (primary N) is 1. The third kappa shape index (κ3) is 4.39. The van der Waals surface area contributed by atoms with Crippen LogP contribution in [-0.4, -0.2) is 35.7 Å². The van der Waals surface area contributed by atoms with E-state index in [-0.39, 0.29) is 17.5 Å². The molecule has 0 saturated carbocycles. The molecule has 2 rings (SSSR count). The number of furan rings is 1. The zero-order valence-electron chi connectivity index (χ0n) is 13.6. The third-order valence-electron chi connectivity index (χ3n) is 3.05. The molecule has 24 heavy (non-hydrogen) atoms. The molecule has 0 unspecified atom stereocenters. The average Bonchev–Trinajstić information content (AvgIpc) is 2.98. The summed E-state index contributed by atoms with van der Waals surface area (Å²) in [7, 11) is 1.65. The molecule has 0 aliphatic rings. The second kappa shape index (κ2) is 7.87. The second-order valence-corrected chi connectivity index (χ2v) is 4.95. The predicted octanol–water partition coefficient (Wildman–Crippen LogP) is 2.17. The summed E-state index contributed by atoms with van der Waals surface area (Å²) in [5.41, 5.74) is 7.13. The van der Waals surface area contributed by atoms with Crippen LogP contribution in [0.3, 0.4) is 0 Å². The Morgan fingerprint density at radius 3 is 2.88 bits per heavy atom. The minimum absolute atomic E-state index is 0.00341. The highest BCUT2D eigenvalue weighted by Gasteiger charge is 2.13. The molecule has 0 bridgehead atoms. The molecular formula is C17H19N5O2. The summed E-state index contributed by atoms with van der Waals surface area (Å²) >= 11 is 0. The monoisotopic (exact) mass is 325 g/mol. The molecule has 0 aliphatic heterocycles. The Hall–Kier alpha value is -3.22. The van der Waals surface area contributed by atoms with Crippen molar-refractivity contribution < 1.29 is 9.21 Å². The van der Waals surface area contributed by atoms with Crippen molar-refractivity contribution in [2.75, 3.05) is 19.3 Å². The van der Waals surface area contributed by atoms with Gasteiger partial charge in [-0.1, -0.05) is 18.7 Å². The minimum Gasteiger partial charge on any atom is -0.460 e. The van der Waals surface area contributed by atoms with Crippen molar-refractivity contribution >= 4 is 18.1 Å². The highest BCUT2D eigenvalue weighted by atomic mass is 16.3. The van der Waals surface area contributed by atoms with E-state index in [1.807, 2.05) is 13.0 Å². The molecular weight excluding hydrogens is 306 g/mol. The number of allylic oxidation sites excluding steroid dienone is 2. The first-order valence-electron chi connectivity index (χ1n) is 7.26. The van der Waals surface area contributed by atoms with Crippen LogP contribution in [0.1, 0.15) is 16.2 Å². The lowest BCUT2D eigenvalue weighted by Gasteiger charge is -2.07. The van der Waals surface area contributed by atoms with Crippen molar-refractivity contribution in [1.82, 2.24) is 15.3 Å². The number of hydrogen-bond donors (Lipinski definition) is 2. The zero-order valence-corrected chi connectivity index (χ0v) is 13.6. The summed E-state index contributed by atoms with van der Waals surface area (Å²) in [6, 6.07) is 5.11. The van der Waals surface area contributed by atoms with Gasteiger partial charge >= 0.3 is 0 Å². The van der Waals surface area contributed by atoms with Crippen molar-refractivity contribution in [2.24, 2.45) is 4.99 Å². The van der Waals surface area contributed by atoms with Gasteiger partial charge in [-0.25, -0.2) is 9.97 Å². The molecule has 0 fully saturated rings. The molecule has 0 atom stereocenters. The van der Waals surface area contributed by atoms with Gasteiger partial charge in [0, 0.05) is 19.8 Å². The van der Waals surface area contributed by atoms with Crippen molar-refractivity contribution in [3.63, 3.8) is 0 Å². The number of carbonyl (C=O) groups is 1. The van der Waals surface area contributed by atoms with E-state index < -0.39 is 0 Å². The van der Waals surface area contributed by atoms with Gasteiger partial charge in [0.2, 0.25) is 5.95 Å². The fraction of sp³-hybridized carbons (Fsp3) is 0.176. The lowest BCUT2D eigenvalue weighted by atomic mass is 10.2. The van der Waals surface area contributed by atoms with Gasteiger partial charge in [-0.3, -0.25) is 9.79 Å². The molecule has 124 valence electrons. The smallest absolute Gasteiger partial charge is 0.270 e. The van der Waals surface area contributed by atoms with E-state index in [4.69, 9.17) is 10.2 Å². The Morgan fingerprint density at radius 1 is 1.46 bits per heavy atom. The highest BCUT2D eigenvalue weighted by Crippen LogP contribution is 2.21. The van der Waals surface area contributed by atoms with Crippen molar-refractivity contribution in [3.8, 4) is 11.5 Å². The van der Waals surface area contributed by atoms with Crippen LogP contribution < -0.4 is 11.1 Å². The van der Waals surface area contributed by atoms with E-state index in [0.717, 1.165) is 11.3 Å². The number of hydrogen-bond acceptors (Lipinski definition) is 6. The molecule has 1 amide bonds. The minimum atomic E-state index is -0.368. The zero-order chi connectivity index (χ0) is 17.5. The maximum atomic E-state index is 12.3. The van der Waals surface area contributed by atoms with Crippen molar-refractivity contribution in [2.45, 2.75) is 6.92 Å². The van der Waals surface area contributed by atoms with Crippen LogP contribution in [0.25, 0.3) is 11.5 Å². The summed E-state index contributed by atoms with van der Waals surface area (Å²) < 4.78 is 5.51. The molecule has 0 aliphatic carbocycles. The van der Waals surface area contributed by atoms with E-state index in [1.54, 1.807) is 31.5 Å². The van der Waals surface area contributed by atoms with Crippen LogP contribution in [0.2, 0.25) is 0 Å². The van der Waals surface area contributed by atoms with Gasteiger partial charge in [0.15, 0.2) is 5.76 Å². The molecule has 0 aromatic carbocycles. The Bertz CT molecular complexity index is 805. The Morgan fingerprint density at radius 2 is 2.25 bits per heavy atom. The maximum absolute atomic E-state index is 12.3. The van der Waals surface area contributed by atoms with E-state index in [9.17, 15) is 4.79 Å². The third-order valence-corrected chi connectivity index (χ3v) is 3.05.